The van der Waals surface area contributed by atoms with E-state index in [-0.39, 0.29) is 70.2 Å². The first-order chi connectivity index (χ1) is 30.9. The van der Waals surface area contributed by atoms with Crippen molar-refractivity contribution in [3.05, 3.63) is 106 Å². The second-order valence-electron chi connectivity index (χ2n) is 15.9. The smallest absolute Gasteiger partial charge is 0.340 e. The number of amides is 3. The Bertz CT molecular complexity index is 2630. The molecule has 1 saturated carbocycles. The number of carbonyl (C=O) groups excluding carboxylic acids is 5. The third-order valence-electron chi connectivity index (χ3n) is 11.7. The number of anilines is 1. The van der Waals surface area contributed by atoms with Crippen LogP contribution in [0.4, 0.5) is 5.69 Å². The molecule has 1 saturated heterocycles. The fraction of sp³-hybridized carbons (Fsp3) is 0.326. The van der Waals surface area contributed by atoms with Gasteiger partial charge in [0.25, 0.3) is 11.8 Å². The molecule has 7 N–H and O–H groups in total. The minimum atomic E-state index is -1.40. The molecule has 3 aliphatic heterocycles. The van der Waals surface area contributed by atoms with Gasteiger partial charge in [0.2, 0.25) is 5.91 Å². The molecule has 0 bridgehead atoms. The Morgan fingerprint density at radius 2 is 1.73 bits per heavy atom. The van der Waals surface area contributed by atoms with E-state index in [2.05, 4.69) is 41.8 Å². The lowest BCUT2D eigenvalue weighted by atomic mass is 9.77. The van der Waals surface area contributed by atoms with Gasteiger partial charge in [-0.15, -0.1) is 0 Å². The number of fused-ring (bicyclic) bond motifs is 6. The molecule has 330 valence electrons. The third-order valence-corrected chi connectivity index (χ3v) is 11.9. The second kappa shape index (κ2) is 17.0. The van der Waals surface area contributed by atoms with Crippen molar-refractivity contribution in [1.29, 1.82) is 0 Å². The minimum absolute atomic E-state index is 0.00530. The summed E-state index contributed by atoms with van der Waals surface area (Å²) in [5.74, 6) is -1.89. The predicted molar refractivity (Wildman–Crippen MR) is 226 cm³/mol. The SMILES string of the molecule is COC(=O)[C@H](CCCCNC(=S)Nc1ccc2c(c1)C(=O)OC21c2ccc(O)cc2Oc2cc(O)ccc21)NC(=O)[C@@H]1C[C@@H](NC(=O)c2cn[nH]n2)CN1C(=O)c1cnoc1C1CC1. The number of thiocarbonyl (C=S) groups is 1. The fourth-order valence-electron chi connectivity index (χ4n) is 8.48. The molecule has 0 radical (unpaired) electrons. The molecule has 1 aliphatic carbocycles. The molecule has 1 spiro atoms. The topological polar surface area (TPSA) is 272 Å². The van der Waals surface area contributed by atoms with E-state index >= 15 is 0 Å². The number of rotatable bonds is 13. The highest BCUT2D eigenvalue weighted by molar-refractivity contribution is 7.80. The van der Waals surface area contributed by atoms with Crippen LogP contribution in [0.15, 0.2) is 71.5 Å². The number of aromatic nitrogens is 4. The molecule has 4 aliphatic rings. The van der Waals surface area contributed by atoms with E-state index in [1.54, 1.807) is 30.3 Å². The quantitative estimate of drug-likeness (QED) is 0.0506. The Hall–Kier alpha value is -7.55. The van der Waals surface area contributed by atoms with E-state index in [4.69, 9.17) is 31.0 Å². The molecule has 5 heterocycles. The van der Waals surface area contributed by atoms with Gasteiger partial charge in [0.15, 0.2) is 22.2 Å². The maximum Gasteiger partial charge on any atom is 0.340 e. The van der Waals surface area contributed by atoms with Gasteiger partial charge in [-0.05, 0) is 87.1 Å². The van der Waals surface area contributed by atoms with Crippen molar-refractivity contribution >= 4 is 52.7 Å². The van der Waals surface area contributed by atoms with Gasteiger partial charge >= 0.3 is 11.9 Å². The van der Waals surface area contributed by atoms with E-state index in [9.17, 15) is 34.2 Å². The summed E-state index contributed by atoms with van der Waals surface area (Å²) in [5, 5.41) is 46.1. The van der Waals surface area contributed by atoms with Gasteiger partial charge in [-0.25, -0.2) is 9.59 Å². The molecule has 20 nitrogen and oxygen atoms in total. The Kier molecular flexibility index (Phi) is 11.1. The molecule has 3 atom stereocenters. The molecule has 21 heteroatoms. The zero-order valence-corrected chi connectivity index (χ0v) is 34.9. The van der Waals surface area contributed by atoms with Crippen molar-refractivity contribution in [2.45, 2.75) is 68.2 Å². The van der Waals surface area contributed by atoms with Crippen molar-refractivity contribution in [2.24, 2.45) is 0 Å². The van der Waals surface area contributed by atoms with Crippen molar-refractivity contribution in [3.8, 4) is 23.0 Å². The number of hydrogen-bond donors (Lipinski definition) is 7. The van der Waals surface area contributed by atoms with Crippen molar-refractivity contribution in [3.63, 3.8) is 0 Å². The summed E-state index contributed by atoms with van der Waals surface area (Å²) in [6.07, 6.45) is 5.55. The number of carbonyl (C=O) groups is 5. The van der Waals surface area contributed by atoms with E-state index in [0.29, 0.717) is 47.5 Å². The Balaban J connectivity index is 0.816. The lowest BCUT2D eigenvalue weighted by Crippen LogP contribution is -2.51. The van der Waals surface area contributed by atoms with Crippen LogP contribution in [-0.4, -0.2) is 109 Å². The zero-order chi connectivity index (χ0) is 44.7. The highest BCUT2D eigenvalue weighted by atomic mass is 32.1. The number of nitrogens with one attached hydrogen (secondary N) is 5. The molecule has 2 fully saturated rings. The van der Waals surface area contributed by atoms with E-state index < -0.39 is 53.4 Å². The first-order valence-electron chi connectivity index (χ1n) is 20.5. The van der Waals surface area contributed by atoms with Gasteiger partial charge in [0, 0.05) is 59.6 Å². The predicted octanol–water partition coefficient (Wildman–Crippen LogP) is 3.48. The summed E-state index contributed by atoms with van der Waals surface area (Å²) >= 11 is 5.56. The van der Waals surface area contributed by atoms with Gasteiger partial charge in [-0.1, -0.05) is 11.2 Å². The number of ether oxygens (including phenoxy) is 3. The minimum Gasteiger partial charge on any atom is -0.508 e. The zero-order valence-electron chi connectivity index (χ0n) is 34.1. The molecule has 3 amide bonds. The number of aromatic amines is 1. The summed E-state index contributed by atoms with van der Waals surface area (Å²) in [5.41, 5.74) is 1.22. The first kappa shape index (κ1) is 41.8. The van der Waals surface area contributed by atoms with Gasteiger partial charge < -0.3 is 55.1 Å². The number of nitrogens with zero attached hydrogens (tertiary/aromatic N) is 4. The monoisotopic (exact) mass is 891 g/mol. The van der Waals surface area contributed by atoms with Crippen molar-refractivity contribution in [2.75, 3.05) is 25.5 Å². The number of aromatic hydroxyl groups is 2. The molecular formula is C43H41N9O11S. The summed E-state index contributed by atoms with van der Waals surface area (Å²) in [7, 11) is 1.22. The number of H-pyrrole nitrogens is 1. The number of hydrogen-bond acceptors (Lipinski definition) is 15. The van der Waals surface area contributed by atoms with E-state index in [1.807, 2.05) is 0 Å². The van der Waals surface area contributed by atoms with Crippen LogP contribution in [0, 0.1) is 0 Å². The van der Waals surface area contributed by atoms with Crippen LogP contribution < -0.4 is 26.0 Å². The molecule has 9 rings (SSSR count). The Morgan fingerprint density at radius 1 is 1.00 bits per heavy atom. The molecular weight excluding hydrogens is 851 g/mol. The lowest BCUT2D eigenvalue weighted by Gasteiger charge is -2.36. The van der Waals surface area contributed by atoms with Crippen LogP contribution in [0.3, 0.4) is 0 Å². The average molecular weight is 892 g/mol. The molecule has 3 aromatic carbocycles. The largest absolute Gasteiger partial charge is 0.508 e. The lowest BCUT2D eigenvalue weighted by molar-refractivity contribution is -0.145. The van der Waals surface area contributed by atoms with E-state index in [0.717, 1.165) is 12.8 Å². The van der Waals surface area contributed by atoms with Gasteiger partial charge in [0.05, 0.1) is 25.1 Å². The van der Waals surface area contributed by atoms with Gasteiger partial charge in [0.1, 0.15) is 40.6 Å². The number of likely N-dealkylation sites (tertiary alicyclic amines) is 1. The average Bonchev–Trinajstić information content (AvgIpc) is 3.63. The van der Waals surface area contributed by atoms with Gasteiger partial charge in [-0.3, -0.25) is 14.4 Å². The van der Waals surface area contributed by atoms with Crippen molar-refractivity contribution < 1.29 is 52.9 Å². The normalized spacial score (nSPS) is 18.1. The standard InChI is InChI=1S/C43H41N9O11S/c1-60-41(59)31(49-38(56)33-15-23(47-37(55)32-19-45-51-50-32)20-52(33)39(57)27-18-46-63-36(27)21-5-6-21)4-2-3-13-44-42(64)48-22-7-10-28-26(14-22)40(58)62-43(28)29-11-8-24(53)16-34(29)61-35-17-25(54)9-12-30(35)43/h7-12,14,16-19,21,23,31,33,53-54H,2-6,13,15,20H2,1H3,(H,47,55)(H,49,56)(H2,44,48,64)(H,45,50,51)/t23-,31+,33+/m1/s1. The van der Waals surface area contributed by atoms with E-state index in [1.165, 1.54) is 48.7 Å². The molecule has 0 unspecified atom stereocenters. The number of phenolic OH excluding ortho intramolecular Hbond substituents is 2. The third kappa shape index (κ3) is 7.89. The highest BCUT2D eigenvalue weighted by Gasteiger charge is 2.54. The van der Waals surface area contributed by atoms with Crippen LogP contribution >= 0.6 is 12.2 Å². The summed E-state index contributed by atoms with van der Waals surface area (Å²) in [6, 6.07) is 11.5. The van der Waals surface area contributed by atoms with Crippen LogP contribution in [0.5, 0.6) is 23.0 Å². The molecule has 5 aromatic rings. The maximum atomic E-state index is 13.9. The number of methoxy groups -OCH3 is 1. The summed E-state index contributed by atoms with van der Waals surface area (Å²) in [4.78, 5) is 68.5. The number of phenols is 2. The van der Waals surface area contributed by atoms with Crippen LogP contribution in [0.1, 0.15) is 98.1 Å². The number of esters is 2. The Morgan fingerprint density at radius 3 is 2.42 bits per heavy atom. The van der Waals surface area contributed by atoms with Crippen LogP contribution in [-0.2, 0) is 24.7 Å². The van der Waals surface area contributed by atoms with Crippen LogP contribution in [0.2, 0.25) is 0 Å². The van der Waals surface area contributed by atoms with Crippen LogP contribution in [0.25, 0.3) is 0 Å². The Labute approximate surface area is 369 Å². The first-order valence-corrected chi connectivity index (χ1v) is 20.9. The number of benzene rings is 3. The number of unbranched alkanes of at least 4 members (excludes halogenated alkanes) is 1. The maximum absolute atomic E-state index is 13.9. The summed E-state index contributed by atoms with van der Waals surface area (Å²) in [6.45, 7) is 0.391. The van der Waals surface area contributed by atoms with Crippen molar-refractivity contribution in [1.82, 2.24) is 41.4 Å². The van der Waals surface area contributed by atoms with Gasteiger partial charge in [-0.2, -0.15) is 15.4 Å². The highest BCUT2D eigenvalue weighted by Crippen LogP contribution is 2.57. The summed E-state index contributed by atoms with van der Waals surface area (Å²) < 4.78 is 22.6. The molecule has 2 aromatic heterocycles. The molecule has 64 heavy (non-hydrogen) atoms. The fourth-order valence-corrected chi connectivity index (χ4v) is 8.70. The second-order valence-corrected chi connectivity index (χ2v) is 16.3.